The molecule has 0 aliphatic carbocycles. The van der Waals surface area contributed by atoms with Gasteiger partial charge in [0.25, 0.3) is 0 Å². The van der Waals surface area contributed by atoms with Crippen molar-refractivity contribution in [3.05, 3.63) is 30.2 Å². The third kappa shape index (κ3) is 2.60. The van der Waals surface area contributed by atoms with E-state index in [1.807, 2.05) is 0 Å². The second-order valence-corrected chi connectivity index (χ2v) is 4.08. The van der Waals surface area contributed by atoms with E-state index in [0.717, 1.165) is 4.90 Å². The predicted molar refractivity (Wildman–Crippen MR) is 61.5 cm³/mol. The fraction of sp³-hybridized carbons (Fsp3) is 0.333. The minimum atomic E-state index is -1.11. The van der Waals surface area contributed by atoms with Gasteiger partial charge >= 0.3 is 5.97 Å². The van der Waals surface area contributed by atoms with Gasteiger partial charge in [0.1, 0.15) is 11.8 Å². The highest BCUT2D eigenvalue weighted by atomic mass is 16.4. The first-order chi connectivity index (χ1) is 8.58. The molecule has 0 radical (unpaired) electrons. The molecule has 0 unspecified atom stereocenters. The second kappa shape index (κ2) is 5.05. The summed E-state index contributed by atoms with van der Waals surface area (Å²) in [7, 11) is 0. The molecule has 1 fully saturated rings. The van der Waals surface area contributed by atoms with Crippen LogP contribution in [-0.4, -0.2) is 45.7 Å². The lowest BCUT2D eigenvalue weighted by atomic mass is 10.2. The standard InChI is InChI=1S/C12H13NO5/c14-8-6-10(12(16)17)13(7-8)11(15)4-3-9-2-1-5-18-9/h1-5,8,10,14H,6-7H2,(H,16,17)/t8-,10-/m1/s1. The van der Waals surface area contributed by atoms with Crippen LogP contribution in [0, 0.1) is 0 Å². The third-order valence-corrected chi connectivity index (χ3v) is 2.78. The SMILES string of the molecule is O=C(O)[C@H]1C[C@@H](O)CN1C(=O)C=Cc1ccco1. The summed E-state index contributed by atoms with van der Waals surface area (Å²) in [4.78, 5) is 23.9. The maximum absolute atomic E-state index is 11.8. The highest BCUT2D eigenvalue weighted by molar-refractivity contribution is 5.94. The first-order valence-electron chi connectivity index (χ1n) is 5.51. The maximum Gasteiger partial charge on any atom is 0.326 e. The van der Waals surface area contributed by atoms with Crippen LogP contribution in [0.3, 0.4) is 0 Å². The number of likely N-dealkylation sites (tertiary alicyclic amines) is 1. The average Bonchev–Trinajstić information content (AvgIpc) is 2.94. The Labute approximate surface area is 103 Å². The first kappa shape index (κ1) is 12.4. The minimum Gasteiger partial charge on any atom is -0.480 e. The summed E-state index contributed by atoms with van der Waals surface area (Å²) in [6, 6.07) is 2.40. The summed E-state index contributed by atoms with van der Waals surface area (Å²) in [6.07, 6.45) is 3.46. The van der Waals surface area contributed by atoms with Crippen LogP contribution in [-0.2, 0) is 9.59 Å². The number of rotatable bonds is 3. The highest BCUT2D eigenvalue weighted by Crippen LogP contribution is 2.18. The summed E-state index contributed by atoms with van der Waals surface area (Å²) in [5.41, 5.74) is 0. The zero-order valence-corrected chi connectivity index (χ0v) is 9.52. The fourth-order valence-corrected chi connectivity index (χ4v) is 1.93. The molecular formula is C12H13NO5. The number of furan rings is 1. The van der Waals surface area contributed by atoms with Crippen LogP contribution in [0.5, 0.6) is 0 Å². The van der Waals surface area contributed by atoms with Gasteiger partial charge < -0.3 is 19.5 Å². The summed E-state index contributed by atoms with van der Waals surface area (Å²) in [6.45, 7) is 0.0400. The van der Waals surface area contributed by atoms with E-state index in [4.69, 9.17) is 9.52 Å². The maximum atomic E-state index is 11.8. The molecule has 1 aromatic rings. The smallest absolute Gasteiger partial charge is 0.326 e. The monoisotopic (exact) mass is 251 g/mol. The number of aliphatic hydroxyl groups excluding tert-OH is 1. The van der Waals surface area contributed by atoms with E-state index in [-0.39, 0.29) is 13.0 Å². The molecular weight excluding hydrogens is 238 g/mol. The van der Waals surface area contributed by atoms with Gasteiger partial charge in [-0.15, -0.1) is 0 Å². The van der Waals surface area contributed by atoms with E-state index in [0.29, 0.717) is 5.76 Å². The van der Waals surface area contributed by atoms with Crippen LogP contribution in [0.2, 0.25) is 0 Å². The van der Waals surface area contributed by atoms with E-state index in [1.54, 1.807) is 12.1 Å². The molecule has 96 valence electrons. The summed E-state index contributed by atoms with van der Waals surface area (Å²) in [5, 5.41) is 18.4. The van der Waals surface area contributed by atoms with Crippen molar-refractivity contribution >= 4 is 18.0 Å². The molecule has 2 rings (SSSR count). The topological polar surface area (TPSA) is 91.0 Å². The van der Waals surface area contributed by atoms with Crippen molar-refractivity contribution in [1.82, 2.24) is 4.90 Å². The van der Waals surface area contributed by atoms with Crippen molar-refractivity contribution < 1.29 is 24.2 Å². The van der Waals surface area contributed by atoms with Gasteiger partial charge in [0, 0.05) is 19.0 Å². The number of aliphatic carboxylic acids is 1. The molecule has 1 amide bonds. The Hall–Kier alpha value is -2.08. The van der Waals surface area contributed by atoms with Crippen molar-refractivity contribution in [2.24, 2.45) is 0 Å². The number of carbonyl (C=O) groups is 2. The van der Waals surface area contributed by atoms with Crippen LogP contribution >= 0.6 is 0 Å². The lowest BCUT2D eigenvalue weighted by molar-refractivity contribution is -0.146. The largest absolute Gasteiger partial charge is 0.480 e. The van der Waals surface area contributed by atoms with Crippen LogP contribution in [0.4, 0.5) is 0 Å². The van der Waals surface area contributed by atoms with Gasteiger partial charge in [0.15, 0.2) is 0 Å². The van der Waals surface area contributed by atoms with Gasteiger partial charge in [0.2, 0.25) is 5.91 Å². The molecule has 0 bridgehead atoms. The Balaban J connectivity index is 2.06. The number of carboxylic acids is 1. The summed E-state index contributed by atoms with van der Waals surface area (Å²) < 4.78 is 5.02. The zero-order chi connectivity index (χ0) is 13.1. The Morgan fingerprint density at radius 3 is 2.89 bits per heavy atom. The number of carbonyl (C=O) groups excluding carboxylic acids is 1. The number of amides is 1. The number of β-amino-alcohol motifs (C(OH)–C–C–N with tert-alkyl or cyclic N) is 1. The lowest BCUT2D eigenvalue weighted by Gasteiger charge is -2.18. The molecule has 0 saturated carbocycles. The van der Waals surface area contributed by atoms with Crippen molar-refractivity contribution in [2.45, 2.75) is 18.6 Å². The molecule has 1 aliphatic heterocycles. The summed E-state index contributed by atoms with van der Waals surface area (Å²) >= 11 is 0. The van der Waals surface area contributed by atoms with E-state index in [2.05, 4.69) is 0 Å². The van der Waals surface area contributed by atoms with Gasteiger partial charge in [-0.25, -0.2) is 4.79 Å². The van der Waals surface area contributed by atoms with E-state index >= 15 is 0 Å². The van der Waals surface area contributed by atoms with Gasteiger partial charge in [-0.3, -0.25) is 4.79 Å². The second-order valence-electron chi connectivity index (χ2n) is 4.08. The molecule has 1 aromatic heterocycles. The van der Waals surface area contributed by atoms with E-state index in [1.165, 1.54) is 18.4 Å². The van der Waals surface area contributed by atoms with Gasteiger partial charge in [-0.1, -0.05) is 0 Å². The van der Waals surface area contributed by atoms with Crippen LogP contribution < -0.4 is 0 Å². The van der Waals surface area contributed by atoms with E-state index in [9.17, 15) is 14.7 Å². The van der Waals surface area contributed by atoms with Crippen LogP contribution in [0.15, 0.2) is 28.9 Å². The molecule has 1 saturated heterocycles. The third-order valence-electron chi connectivity index (χ3n) is 2.78. The van der Waals surface area contributed by atoms with Gasteiger partial charge in [-0.05, 0) is 18.2 Å². The number of hydrogen-bond donors (Lipinski definition) is 2. The molecule has 0 aromatic carbocycles. The van der Waals surface area contributed by atoms with Crippen molar-refractivity contribution in [3.8, 4) is 0 Å². The minimum absolute atomic E-state index is 0.0400. The number of aliphatic hydroxyl groups is 1. The Morgan fingerprint density at radius 2 is 2.28 bits per heavy atom. The predicted octanol–water partition coefficient (Wildman–Crippen LogP) is 0.339. The van der Waals surface area contributed by atoms with Gasteiger partial charge in [0.05, 0.1) is 12.4 Å². The Kier molecular flexibility index (Phi) is 3.47. The fourth-order valence-electron chi connectivity index (χ4n) is 1.93. The number of hydrogen-bond acceptors (Lipinski definition) is 4. The molecule has 1 aliphatic rings. The number of carboxylic acid groups (broad SMARTS) is 1. The van der Waals surface area contributed by atoms with Crippen molar-refractivity contribution in [2.75, 3.05) is 6.54 Å². The number of nitrogens with zero attached hydrogens (tertiary/aromatic N) is 1. The molecule has 2 N–H and O–H groups in total. The molecule has 6 nitrogen and oxygen atoms in total. The molecule has 0 spiro atoms. The molecule has 2 atom stereocenters. The molecule has 2 heterocycles. The molecule has 6 heteroatoms. The zero-order valence-electron chi connectivity index (χ0n) is 9.52. The first-order valence-corrected chi connectivity index (χ1v) is 5.51. The van der Waals surface area contributed by atoms with E-state index < -0.39 is 24.0 Å². The van der Waals surface area contributed by atoms with Crippen LogP contribution in [0.1, 0.15) is 12.2 Å². The Bertz CT molecular complexity index is 465. The van der Waals surface area contributed by atoms with Gasteiger partial charge in [-0.2, -0.15) is 0 Å². The normalized spacial score (nSPS) is 23.7. The van der Waals surface area contributed by atoms with Crippen LogP contribution in [0.25, 0.3) is 6.08 Å². The quantitative estimate of drug-likeness (QED) is 0.756. The summed E-state index contributed by atoms with van der Waals surface area (Å²) in [5.74, 6) is -1.04. The lowest BCUT2D eigenvalue weighted by Crippen LogP contribution is -2.39. The van der Waals surface area contributed by atoms with Crippen molar-refractivity contribution in [3.63, 3.8) is 0 Å². The highest BCUT2D eigenvalue weighted by Gasteiger charge is 2.37. The molecule has 18 heavy (non-hydrogen) atoms. The Morgan fingerprint density at radius 1 is 1.50 bits per heavy atom. The average molecular weight is 251 g/mol. The van der Waals surface area contributed by atoms with Crippen molar-refractivity contribution in [1.29, 1.82) is 0 Å².